The Hall–Kier alpha value is -3.29. The lowest BCUT2D eigenvalue weighted by Gasteiger charge is -2.11. The van der Waals surface area contributed by atoms with Crippen molar-refractivity contribution in [3.63, 3.8) is 0 Å². The fourth-order valence-electron chi connectivity index (χ4n) is 2.71. The maximum Gasteiger partial charge on any atom is 0.387 e. The van der Waals surface area contributed by atoms with E-state index in [1.54, 1.807) is 41.2 Å². The number of carbonyl (C=O) groups is 1. The van der Waals surface area contributed by atoms with E-state index in [1.807, 2.05) is 13.0 Å². The molecule has 0 fully saturated rings. The minimum atomic E-state index is -2.93. The summed E-state index contributed by atoms with van der Waals surface area (Å²) >= 11 is 0. The number of aromatic nitrogens is 3. The summed E-state index contributed by atoms with van der Waals surface area (Å²) in [7, 11) is 0. The largest absolute Gasteiger partial charge is 0.434 e. The van der Waals surface area contributed by atoms with E-state index in [0.717, 1.165) is 0 Å². The van der Waals surface area contributed by atoms with E-state index in [-0.39, 0.29) is 18.2 Å². The molecular weight excluding hydrogens is 354 g/mol. The van der Waals surface area contributed by atoms with E-state index >= 15 is 0 Å². The minimum Gasteiger partial charge on any atom is -0.434 e. The van der Waals surface area contributed by atoms with Crippen LogP contribution in [0.5, 0.6) is 5.75 Å². The predicted molar refractivity (Wildman–Crippen MR) is 95.0 cm³/mol. The van der Waals surface area contributed by atoms with Crippen molar-refractivity contribution in [3.05, 3.63) is 71.7 Å². The molecule has 0 saturated carbocycles. The quantitative estimate of drug-likeness (QED) is 0.691. The van der Waals surface area contributed by atoms with Crippen LogP contribution in [-0.2, 0) is 13.0 Å². The van der Waals surface area contributed by atoms with Crippen molar-refractivity contribution in [1.29, 1.82) is 0 Å². The normalized spacial score (nSPS) is 10.8. The lowest BCUT2D eigenvalue weighted by molar-refractivity contribution is -0.0504. The zero-order valence-corrected chi connectivity index (χ0v) is 14.6. The average Bonchev–Trinajstić information content (AvgIpc) is 3.11. The summed E-state index contributed by atoms with van der Waals surface area (Å²) in [5, 5.41) is 6.99. The number of benzene rings is 1. The van der Waals surface area contributed by atoms with Crippen LogP contribution in [0.1, 0.15) is 28.5 Å². The van der Waals surface area contributed by atoms with Crippen LogP contribution in [-0.4, -0.2) is 27.3 Å². The van der Waals surface area contributed by atoms with Crippen molar-refractivity contribution in [2.75, 3.05) is 0 Å². The van der Waals surface area contributed by atoms with Gasteiger partial charge in [0.25, 0.3) is 5.91 Å². The molecule has 1 N–H and O–H groups in total. The second-order valence-electron chi connectivity index (χ2n) is 5.63. The number of hydrogen-bond acceptors (Lipinski definition) is 4. The third-order valence-electron chi connectivity index (χ3n) is 3.94. The van der Waals surface area contributed by atoms with Crippen LogP contribution < -0.4 is 10.1 Å². The fourth-order valence-corrected chi connectivity index (χ4v) is 2.71. The lowest BCUT2D eigenvalue weighted by atomic mass is 10.1. The lowest BCUT2D eigenvalue weighted by Crippen LogP contribution is -2.24. The van der Waals surface area contributed by atoms with E-state index in [2.05, 4.69) is 20.1 Å². The van der Waals surface area contributed by atoms with Gasteiger partial charge in [0.15, 0.2) is 5.82 Å². The zero-order valence-electron chi connectivity index (χ0n) is 14.6. The number of nitrogens with zero attached hydrogens (tertiary/aromatic N) is 3. The van der Waals surface area contributed by atoms with Crippen molar-refractivity contribution in [2.24, 2.45) is 0 Å². The summed E-state index contributed by atoms with van der Waals surface area (Å²) in [6, 6.07) is 11.8. The summed E-state index contributed by atoms with van der Waals surface area (Å²) in [5.41, 5.74) is 1.58. The van der Waals surface area contributed by atoms with Crippen molar-refractivity contribution >= 4 is 5.91 Å². The summed E-state index contributed by atoms with van der Waals surface area (Å²) in [5.74, 6) is 0.303. The fraction of sp³-hybridized carbons (Fsp3) is 0.211. The van der Waals surface area contributed by atoms with E-state index in [0.29, 0.717) is 29.1 Å². The van der Waals surface area contributed by atoms with Gasteiger partial charge in [0.05, 0.1) is 17.5 Å². The Balaban J connectivity index is 1.77. The summed E-state index contributed by atoms with van der Waals surface area (Å²) in [4.78, 5) is 16.8. The highest BCUT2D eigenvalue weighted by Crippen LogP contribution is 2.20. The Morgan fingerprint density at radius 2 is 2.00 bits per heavy atom. The predicted octanol–water partition coefficient (Wildman–Crippen LogP) is 3.36. The third kappa shape index (κ3) is 4.28. The summed E-state index contributed by atoms with van der Waals surface area (Å²) in [6.07, 6.45) is 3.70. The van der Waals surface area contributed by atoms with Crippen LogP contribution in [0.25, 0.3) is 5.82 Å². The first-order chi connectivity index (χ1) is 13.1. The van der Waals surface area contributed by atoms with Crippen LogP contribution in [0, 0.1) is 0 Å². The first kappa shape index (κ1) is 18.5. The van der Waals surface area contributed by atoms with E-state index in [4.69, 9.17) is 0 Å². The first-order valence-electron chi connectivity index (χ1n) is 8.39. The van der Waals surface area contributed by atoms with Gasteiger partial charge in [-0.2, -0.15) is 13.9 Å². The van der Waals surface area contributed by atoms with Gasteiger partial charge in [-0.25, -0.2) is 9.67 Å². The molecule has 1 amide bonds. The topological polar surface area (TPSA) is 69.0 Å². The number of para-hydroxylation sites is 1. The van der Waals surface area contributed by atoms with Gasteiger partial charge in [0.2, 0.25) is 0 Å². The molecule has 0 aliphatic carbocycles. The SMILES string of the molecule is CCc1c(C(=O)NCc2ccccc2OC(F)F)cnn1-c1ccccn1. The number of ether oxygens (including phenoxy) is 1. The standard InChI is InChI=1S/C19H18F2N4O2/c1-2-15-14(12-24-25(15)17-9-5-6-10-22-17)18(26)23-11-13-7-3-4-8-16(13)27-19(20)21/h3-10,12,19H,2,11H2,1H3,(H,23,26). The number of pyridine rings is 1. The van der Waals surface area contributed by atoms with Gasteiger partial charge in [-0.3, -0.25) is 4.79 Å². The van der Waals surface area contributed by atoms with Crippen molar-refractivity contribution in [1.82, 2.24) is 20.1 Å². The van der Waals surface area contributed by atoms with Gasteiger partial charge >= 0.3 is 6.61 Å². The highest BCUT2D eigenvalue weighted by Gasteiger charge is 2.18. The molecule has 0 aliphatic rings. The molecule has 3 rings (SSSR count). The Morgan fingerprint density at radius 1 is 1.22 bits per heavy atom. The van der Waals surface area contributed by atoms with Crippen LogP contribution in [0.3, 0.4) is 0 Å². The molecule has 0 unspecified atom stereocenters. The number of halogens is 2. The maximum atomic E-state index is 12.6. The molecule has 1 aromatic carbocycles. The number of carbonyl (C=O) groups excluding carboxylic acids is 1. The van der Waals surface area contributed by atoms with Crippen molar-refractivity contribution < 1.29 is 18.3 Å². The zero-order chi connectivity index (χ0) is 19.2. The van der Waals surface area contributed by atoms with Gasteiger partial charge in [0, 0.05) is 18.3 Å². The van der Waals surface area contributed by atoms with Crippen LogP contribution in [0.4, 0.5) is 8.78 Å². The van der Waals surface area contributed by atoms with Gasteiger partial charge in [-0.05, 0) is 24.6 Å². The van der Waals surface area contributed by atoms with Gasteiger partial charge in [-0.15, -0.1) is 0 Å². The van der Waals surface area contributed by atoms with Crippen LogP contribution in [0.2, 0.25) is 0 Å². The smallest absolute Gasteiger partial charge is 0.387 e. The highest BCUT2D eigenvalue weighted by atomic mass is 19.3. The molecule has 140 valence electrons. The molecule has 3 aromatic rings. The van der Waals surface area contributed by atoms with E-state index in [1.165, 1.54) is 12.3 Å². The van der Waals surface area contributed by atoms with Crippen LogP contribution in [0.15, 0.2) is 54.9 Å². The Morgan fingerprint density at radius 3 is 2.70 bits per heavy atom. The first-order valence-corrected chi connectivity index (χ1v) is 8.39. The Kier molecular flexibility index (Phi) is 5.75. The maximum absolute atomic E-state index is 12.6. The molecule has 0 atom stereocenters. The summed E-state index contributed by atoms with van der Waals surface area (Å²) < 4.78 is 31.1. The average molecular weight is 372 g/mol. The third-order valence-corrected chi connectivity index (χ3v) is 3.94. The van der Waals surface area contributed by atoms with Crippen molar-refractivity contribution in [2.45, 2.75) is 26.5 Å². The van der Waals surface area contributed by atoms with Crippen molar-refractivity contribution in [3.8, 4) is 11.6 Å². The molecule has 0 saturated heterocycles. The molecule has 0 spiro atoms. The molecule has 8 heteroatoms. The molecular formula is C19H18F2N4O2. The molecule has 0 radical (unpaired) electrons. The Bertz CT molecular complexity index is 913. The van der Waals surface area contributed by atoms with Gasteiger partial charge < -0.3 is 10.1 Å². The highest BCUT2D eigenvalue weighted by molar-refractivity contribution is 5.95. The summed E-state index contributed by atoms with van der Waals surface area (Å²) in [6.45, 7) is -0.955. The van der Waals surface area contributed by atoms with Gasteiger partial charge in [0.1, 0.15) is 5.75 Å². The second kappa shape index (κ2) is 8.39. The number of hydrogen-bond donors (Lipinski definition) is 1. The molecule has 6 nitrogen and oxygen atoms in total. The minimum absolute atomic E-state index is 0.0349. The Labute approximate surface area is 154 Å². The van der Waals surface area contributed by atoms with Gasteiger partial charge in [-0.1, -0.05) is 31.2 Å². The molecule has 2 aromatic heterocycles. The number of alkyl halides is 2. The molecule has 0 bridgehead atoms. The molecule has 2 heterocycles. The number of nitrogens with one attached hydrogen (secondary N) is 1. The molecule has 0 aliphatic heterocycles. The second-order valence-corrected chi connectivity index (χ2v) is 5.63. The van der Waals surface area contributed by atoms with Crippen LogP contribution >= 0.6 is 0 Å². The van der Waals surface area contributed by atoms with E-state index < -0.39 is 6.61 Å². The number of rotatable bonds is 7. The number of amides is 1. The monoisotopic (exact) mass is 372 g/mol. The molecule has 27 heavy (non-hydrogen) atoms. The van der Waals surface area contributed by atoms with E-state index in [9.17, 15) is 13.6 Å².